The monoisotopic (exact) mass is 461 g/mol. The van der Waals surface area contributed by atoms with E-state index in [1.807, 2.05) is 50.2 Å². The van der Waals surface area contributed by atoms with Crippen LogP contribution in [0, 0.1) is 6.92 Å². The highest BCUT2D eigenvalue weighted by Crippen LogP contribution is 2.35. The summed E-state index contributed by atoms with van der Waals surface area (Å²) < 4.78 is 17.1. The van der Waals surface area contributed by atoms with Gasteiger partial charge in [0.05, 0.1) is 25.5 Å². The number of aliphatic hydroxyl groups excluding tert-OH is 1. The predicted octanol–water partition coefficient (Wildman–Crippen LogP) is 5.44. The number of esters is 1. The van der Waals surface area contributed by atoms with E-state index < -0.39 is 0 Å². The zero-order valence-electron chi connectivity index (χ0n) is 19.8. The number of allylic oxidation sites excluding steroid dienone is 2. The second-order valence-corrected chi connectivity index (χ2v) is 8.33. The molecule has 0 aliphatic heterocycles. The molecule has 0 saturated heterocycles. The van der Waals surface area contributed by atoms with Crippen LogP contribution < -0.4 is 4.74 Å². The largest absolute Gasteiger partial charge is 0.493 e. The number of ether oxygens (including phenoxy) is 2. The molecule has 1 aromatic heterocycles. The summed E-state index contributed by atoms with van der Waals surface area (Å²) in [6, 6.07) is 13.7. The van der Waals surface area contributed by atoms with Crippen LogP contribution in [-0.2, 0) is 29.0 Å². The molecule has 34 heavy (non-hydrogen) atoms. The third-order valence-electron chi connectivity index (χ3n) is 6.04. The van der Waals surface area contributed by atoms with Crippen molar-refractivity contribution in [2.75, 3.05) is 13.2 Å². The maximum Gasteiger partial charge on any atom is 0.306 e. The van der Waals surface area contributed by atoms with E-state index in [2.05, 4.69) is 17.1 Å². The molecule has 0 saturated carbocycles. The van der Waals surface area contributed by atoms with Crippen molar-refractivity contribution in [3.63, 3.8) is 0 Å². The Bertz CT molecular complexity index is 1160. The third kappa shape index (κ3) is 5.57. The quantitative estimate of drug-likeness (QED) is 0.405. The van der Waals surface area contributed by atoms with Crippen molar-refractivity contribution in [2.24, 2.45) is 0 Å². The molecule has 1 N–H and O–H groups in total. The molecule has 6 heteroatoms. The molecule has 0 fully saturated rings. The summed E-state index contributed by atoms with van der Waals surface area (Å²) in [4.78, 5) is 16.5. The van der Waals surface area contributed by atoms with E-state index in [9.17, 15) is 9.90 Å². The fraction of sp³-hybridized carbons (Fsp3) is 0.357. The van der Waals surface area contributed by atoms with Gasteiger partial charge < -0.3 is 19.0 Å². The minimum absolute atomic E-state index is 0.0132. The smallest absolute Gasteiger partial charge is 0.306 e. The lowest BCUT2D eigenvalue weighted by atomic mass is 9.88. The van der Waals surface area contributed by atoms with E-state index in [0.717, 1.165) is 41.2 Å². The van der Waals surface area contributed by atoms with Crippen molar-refractivity contribution in [2.45, 2.75) is 52.6 Å². The number of hydrogen-bond acceptors (Lipinski definition) is 6. The van der Waals surface area contributed by atoms with E-state index in [1.54, 1.807) is 0 Å². The van der Waals surface area contributed by atoms with Crippen LogP contribution in [0.2, 0.25) is 0 Å². The summed E-state index contributed by atoms with van der Waals surface area (Å²) in [5.41, 5.74) is 6.16. The minimum Gasteiger partial charge on any atom is -0.493 e. The molecule has 0 radical (unpaired) electrons. The van der Waals surface area contributed by atoms with Crippen LogP contribution in [0.15, 0.2) is 53.0 Å². The second-order valence-electron chi connectivity index (χ2n) is 8.33. The highest BCUT2D eigenvalue weighted by atomic mass is 16.5. The maximum absolute atomic E-state index is 11.8. The molecule has 178 valence electrons. The summed E-state index contributed by atoms with van der Waals surface area (Å²) in [7, 11) is 0. The normalized spacial score (nSPS) is 12.7. The van der Waals surface area contributed by atoms with Crippen LogP contribution in [0.3, 0.4) is 0 Å². The van der Waals surface area contributed by atoms with Gasteiger partial charge in [-0.25, -0.2) is 4.98 Å². The highest BCUT2D eigenvalue weighted by Gasteiger charge is 2.18. The molecule has 4 rings (SSSR count). The Labute approximate surface area is 200 Å². The number of benzene rings is 2. The fourth-order valence-corrected chi connectivity index (χ4v) is 4.26. The van der Waals surface area contributed by atoms with Crippen molar-refractivity contribution in [3.05, 3.63) is 76.7 Å². The SMILES string of the molecule is CCOC(=O)CCC1=CCCc2c(OCCc3nc(-c4ccc(CO)cc4)oc3C)cccc21. The summed E-state index contributed by atoms with van der Waals surface area (Å²) in [6.45, 7) is 4.66. The first-order valence-corrected chi connectivity index (χ1v) is 11.8. The van der Waals surface area contributed by atoms with Gasteiger partial charge in [-0.1, -0.05) is 30.3 Å². The van der Waals surface area contributed by atoms with Crippen LogP contribution in [0.25, 0.3) is 17.0 Å². The number of fused-ring (bicyclic) bond motifs is 1. The molecule has 1 heterocycles. The lowest BCUT2D eigenvalue weighted by molar-refractivity contribution is -0.142. The molecule has 0 atom stereocenters. The Balaban J connectivity index is 1.39. The highest BCUT2D eigenvalue weighted by molar-refractivity contribution is 5.77. The summed E-state index contributed by atoms with van der Waals surface area (Å²) in [6.07, 6.45) is 5.78. The predicted molar refractivity (Wildman–Crippen MR) is 130 cm³/mol. The molecule has 1 aliphatic rings. The topological polar surface area (TPSA) is 81.8 Å². The third-order valence-corrected chi connectivity index (χ3v) is 6.04. The molecular formula is C28H31NO5. The number of nitrogens with zero attached hydrogens (tertiary/aromatic N) is 1. The number of carbonyl (C=O) groups is 1. The van der Waals surface area contributed by atoms with Crippen LogP contribution >= 0.6 is 0 Å². The zero-order chi connectivity index (χ0) is 23.9. The molecular weight excluding hydrogens is 430 g/mol. The molecule has 0 amide bonds. The minimum atomic E-state index is -0.158. The molecule has 0 spiro atoms. The first-order valence-electron chi connectivity index (χ1n) is 11.8. The molecule has 1 aliphatic carbocycles. The Kier molecular flexibility index (Phi) is 7.80. The van der Waals surface area contributed by atoms with Gasteiger partial charge in [-0.05, 0) is 68.0 Å². The number of aliphatic hydroxyl groups is 1. The van der Waals surface area contributed by atoms with Crippen LogP contribution in [0.5, 0.6) is 5.75 Å². The van der Waals surface area contributed by atoms with E-state index in [0.29, 0.717) is 38.4 Å². The molecule has 0 unspecified atom stereocenters. The average Bonchev–Trinajstić information content (AvgIpc) is 3.23. The van der Waals surface area contributed by atoms with Crippen molar-refractivity contribution < 1.29 is 23.8 Å². The summed E-state index contributed by atoms with van der Waals surface area (Å²) >= 11 is 0. The number of oxazole rings is 1. The Morgan fingerprint density at radius 1 is 1.15 bits per heavy atom. The maximum atomic E-state index is 11.8. The number of hydrogen-bond donors (Lipinski definition) is 1. The van der Waals surface area contributed by atoms with Gasteiger partial charge in [-0.3, -0.25) is 4.79 Å². The van der Waals surface area contributed by atoms with Crippen LogP contribution in [0.1, 0.15) is 54.3 Å². The number of carbonyl (C=O) groups excluding carboxylic acids is 1. The van der Waals surface area contributed by atoms with Gasteiger partial charge in [0.2, 0.25) is 5.89 Å². The van der Waals surface area contributed by atoms with Gasteiger partial charge in [0, 0.05) is 24.0 Å². The second kappa shape index (κ2) is 11.2. The first kappa shape index (κ1) is 23.8. The molecule has 3 aromatic rings. The fourth-order valence-electron chi connectivity index (χ4n) is 4.26. The standard InChI is InChI=1S/C28H31NO5/c1-3-32-27(31)15-14-21-6-4-8-24-23(21)7-5-9-26(24)33-17-16-25-19(2)34-28(29-25)22-12-10-20(18-30)11-13-22/h5-7,9-13,30H,3-4,8,14-18H2,1-2H3. The lowest BCUT2D eigenvalue weighted by Crippen LogP contribution is -2.09. The number of aryl methyl sites for hydroxylation is 1. The van der Waals surface area contributed by atoms with E-state index in [1.165, 1.54) is 16.7 Å². The molecule has 2 aromatic carbocycles. The summed E-state index contributed by atoms with van der Waals surface area (Å²) in [5, 5.41) is 9.22. The van der Waals surface area contributed by atoms with Gasteiger partial charge in [-0.2, -0.15) is 0 Å². The van der Waals surface area contributed by atoms with E-state index >= 15 is 0 Å². The van der Waals surface area contributed by atoms with Crippen molar-refractivity contribution in [3.8, 4) is 17.2 Å². The van der Waals surface area contributed by atoms with E-state index in [4.69, 9.17) is 13.9 Å². The van der Waals surface area contributed by atoms with Crippen molar-refractivity contribution >= 4 is 11.5 Å². The van der Waals surface area contributed by atoms with Crippen LogP contribution in [-0.4, -0.2) is 29.3 Å². The van der Waals surface area contributed by atoms with Gasteiger partial charge in [-0.15, -0.1) is 0 Å². The van der Waals surface area contributed by atoms with Gasteiger partial charge in [0.25, 0.3) is 0 Å². The lowest BCUT2D eigenvalue weighted by Gasteiger charge is -2.21. The Morgan fingerprint density at radius 2 is 1.97 bits per heavy atom. The number of rotatable bonds is 10. The zero-order valence-corrected chi connectivity index (χ0v) is 19.8. The Morgan fingerprint density at radius 3 is 2.74 bits per heavy atom. The van der Waals surface area contributed by atoms with Gasteiger partial charge in [0.15, 0.2) is 0 Å². The molecule has 6 nitrogen and oxygen atoms in total. The van der Waals surface area contributed by atoms with Crippen molar-refractivity contribution in [1.82, 2.24) is 4.98 Å². The van der Waals surface area contributed by atoms with Crippen molar-refractivity contribution in [1.29, 1.82) is 0 Å². The summed E-state index contributed by atoms with van der Waals surface area (Å²) in [5.74, 6) is 2.09. The number of aromatic nitrogens is 1. The first-order chi connectivity index (χ1) is 16.6. The van der Waals surface area contributed by atoms with Crippen LogP contribution in [0.4, 0.5) is 0 Å². The molecule has 0 bridgehead atoms. The average molecular weight is 462 g/mol. The van der Waals surface area contributed by atoms with E-state index in [-0.39, 0.29) is 12.6 Å². The Hall–Kier alpha value is -3.38. The van der Waals surface area contributed by atoms with Gasteiger partial charge >= 0.3 is 5.97 Å². The van der Waals surface area contributed by atoms with Gasteiger partial charge in [0.1, 0.15) is 11.5 Å².